The molecule has 0 heterocycles. The van der Waals surface area contributed by atoms with Crippen LogP contribution in [0.2, 0.25) is 5.02 Å². The molecule has 0 amide bonds. The molecule has 1 fully saturated rings. The van der Waals surface area contributed by atoms with Gasteiger partial charge in [0.05, 0.1) is 0 Å². The van der Waals surface area contributed by atoms with Gasteiger partial charge in [-0.15, -0.1) is 0 Å². The lowest BCUT2D eigenvalue weighted by Crippen LogP contribution is -2.31. The zero-order valence-electron chi connectivity index (χ0n) is 11.1. The maximum atomic E-state index is 6.23. The zero-order valence-corrected chi connectivity index (χ0v) is 11.9. The van der Waals surface area contributed by atoms with E-state index in [4.69, 9.17) is 17.3 Å². The molecule has 1 aliphatic rings. The van der Waals surface area contributed by atoms with Crippen LogP contribution in [-0.4, -0.2) is 24.5 Å². The topological polar surface area (TPSA) is 29.3 Å². The molecule has 0 aromatic heterocycles. The van der Waals surface area contributed by atoms with E-state index in [0.717, 1.165) is 29.6 Å². The predicted octanol–water partition coefficient (Wildman–Crippen LogP) is 3.60. The van der Waals surface area contributed by atoms with E-state index in [-0.39, 0.29) is 6.04 Å². The molecule has 1 unspecified atom stereocenters. The second kappa shape index (κ2) is 6.55. The fourth-order valence-corrected chi connectivity index (χ4v) is 2.97. The van der Waals surface area contributed by atoms with Crippen molar-refractivity contribution in [3.63, 3.8) is 0 Å². The highest BCUT2D eigenvalue weighted by Crippen LogP contribution is 2.24. The quantitative estimate of drug-likeness (QED) is 0.882. The van der Waals surface area contributed by atoms with Gasteiger partial charge in [0, 0.05) is 17.1 Å². The predicted molar refractivity (Wildman–Crippen MR) is 77.9 cm³/mol. The van der Waals surface area contributed by atoms with Gasteiger partial charge in [-0.05, 0) is 50.6 Å². The van der Waals surface area contributed by atoms with E-state index in [0.29, 0.717) is 0 Å². The van der Waals surface area contributed by atoms with Gasteiger partial charge in [0.25, 0.3) is 0 Å². The second-order valence-electron chi connectivity index (χ2n) is 5.37. The van der Waals surface area contributed by atoms with Crippen molar-refractivity contribution >= 4 is 11.6 Å². The lowest BCUT2D eigenvalue weighted by molar-refractivity contribution is 0.237. The number of hydrogen-bond donors (Lipinski definition) is 1. The zero-order chi connectivity index (χ0) is 13.0. The minimum atomic E-state index is 0.0903. The first-order chi connectivity index (χ1) is 8.66. The van der Waals surface area contributed by atoms with Crippen molar-refractivity contribution in [2.75, 3.05) is 13.6 Å². The summed E-state index contributed by atoms with van der Waals surface area (Å²) in [4.78, 5) is 2.47. The minimum Gasteiger partial charge on any atom is -0.324 e. The molecule has 0 saturated heterocycles. The molecule has 0 radical (unpaired) electrons. The standard InChI is InChI=1S/C15H23ClN2/c1-18(14-7-2-3-8-14)10-9-15(17)12-5-4-6-13(16)11-12/h4-6,11,14-15H,2-3,7-10,17H2,1H3. The molecule has 2 rings (SSSR count). The summed E-state index contributed by atoms with van der Waals surface area (Å²) < 4.78 is 0. The van der Waals surface area contributed by atoms with Crippen LogP contribution in [0.25, 0.3) is 0 Å². The summed E-state index contributed by atoms with van der Waals surface area (Å²) in [5.74, 6) is 0. The molecule has 2 nitrogen and oxygen atoms in total. The molecule has 0 spiro atoms. The maximum absolute atomic E-state index is 6.23. The lowest BCUT2D eigenvalue weighted by Gasteiger charge is -2.25. The van der Waals surface area contributed by atoms with Gasteiger partial charge in [-0.25, -0.2) is 0 Å². The van der Waals surface area contributed by atoms with E-state index in [2.05, 4.69) is 18.0 Å². The van der Waals surface area contributed by atoms with Crippen molar-refractivity contribution in [1.82, 2.24) is 4.90 Å². The molecule has 1 saturated carbocycles. The van der Waals surface area contributed by atoms with Gasteiger partial charge in [0.2, 0.25) is 0 Å². The van der Waals surface area contributed by atoms with E-state index >= 15 is 0 Å². The number of halogens is 1. The Morgan fingerprint density at radius 2 is 2.11 bits per heavy atom. The van der Waals surface area contributed by atoms with Crippen molar-refractivity contribution in [3.05, 3.63) is 34.9 Å². The third-order valence-electron chi connectivity index (χ3n) is 4.02. The largest absolute Gasteiger partial charge is 0.324 e. The molecular formula is C15H23ClN2. The molecule has 1 aliphatic carbocycles. The van der Waals surface area contributed by atoms with Gasteiger partial charge in [-0.3, -0.25) is 0 Å². The molecular weight excluding hydrogens is 244 g/mol. The normalized spacial score (nSPS) is 18.4. The SMILES string of the molecule is CN(CCC(N)c1cccc(Cl)c1)C1CCCC1. The van der Waals surface area contributed by atoms with Gasteiger partial charge in [-0.1, -0.05) is 36.6 Å². The van der Waals surface area contributed by atoms with Crippen LogP contribution < -0.4 is 5.73 Å². The first-order valence-corrected chi connectivity index (χ1v) is 7.26. The van der Waals surface area contributed by atoms with E-state index in [1.807, 2.05) is 18.2 Å². The second-order valence-corrected chi connectivity index (χ2v) is 5.81. The van der Waals surface area contributed by atoms with E-state index in [9.17, 15) is 0 Å². The summed E-state index contributed by atoms with van der Waals surface area (Å²) in [6.45, 7) is 1.07. The Labute approximate surface area is 115 Å². The van der Waals surface area contributed by atoms with Crippen LogP contribution in [0.15, 0.2) is 24.3 Å². The highest BCUT2D eigenvalue weighted by molar-refractivity contribution is 6.30. The molecule has 0 bridgehead atoms. The highest BCUT2D eigenvalue weighted by Gasteiger charge is 2.19. The van der Waals surface area contributed by atoms with Gasteiger partial charge in [-0.2, -0.15) is 0 Å². The Bertz CT molecular complexity index is 375. The average molecular weight is 267 g/mol. The van der Waals surface area contributed by atoms with Crippen LogP contribution >= 0.6 is 11.6 Å². The first-order valence-electron chi connectivity index (χ1n) is 6.88. The van der Waals surface area contributed by atoms with E-state index in [1.165, 1.54) is 25.7 Å². The molecule has 18 heavy (non-hydrogen) atoms. The van der Waals surface area contributed by atoms with E-state index in [1.54, 1.807) is 0 Å². The van der Waals surface area contributed by atoms with E-state index < -0.39 is 0 Å². The fourth-order valence-electron chi connectivity index (χ4n) is 2.77. The van der Waals surface area contributed by atoms with Crippen molar-refractivity contribution in [2.24, 2.45) is 5.73 Å². The fraction of sp³-hybridized carbons (Fsp3) is 0.600. The Hall–Kier alpha value is -0.570. The molecule has 0 aliphatic heterocycles. The summed E-state index contributed by atoms with van der Waals surface area (Å²) >= 11 is 5.99. The van der Waals surface area contributed by atoms with Crippen LogP contribution in [0.3, 0.4) is 0 Å². The van der Waals surface area contributed by atoms with Crippen LogP contribution in [0.5, 0.6) is 0 Å². The molecule has 3 heteroatoms. The van der Waals surface area contributed by atoms with Gasteiger partial charge in [0.15, 0.2) is 0 Å². The number of hydrogen-bond acceptors (Lipinski definition) is 2. The number of rotatable bonds is 5. The molecule has 2 N–H and O–H groups in total. The summed E-state index contributed by atoms with van der Waals surface area (Å²) in [7, 11) is 2.22. The van der Waals surface area contributed by atoms with Gasteiger partial charge >= 0.3 is 0 Å². The Morgan fingerprint density at radius 3 is 2.78 bits per heavy atom. The summed E-state index contributed by atoms with van der Waals surface area (Å²) in [5, 5.41) is 0.770. The Kier molecular flexibility index (Phi) is 5.04. The lowest BCUT2D eigenvalue weighted by atomic mass is 10.0. The van der Waals surface area contributed by atoms with Crippen molar-refractivity contribution in [1.29, 1.82) is 0 Å². The van der Waals surface area contributed by atoms with Gasteiger partial charge < -0.3 is 10.6 Å². The average Bonchev–Trinajstić information content (AvgIpc) is 2.89. The summed E-state index contributed by atoms with van der Waals surface area (Å²) in [6, 6.07) is 8.76. The monoisotopic (exact) mass is 266 g/mol. The van der Waals surface area contributed by atoms with Crippen molar-refractivity contribution < 1.29 is 0 Å². The number of benzene rings is 1. The smallest absolute Gasteiger partial charge is 0.0409 e. The van der Waals surface area contributed by atoms with Crippen LogP contribution in [0, 0.1) is 0 Å². The molecule has 1 aromatic rings. The minimum absolute atomic E-state index is 0.0903. The van der Waals surface area contributed by atoms with Crippen LogP contribution in [-0.2, 0) is 0 Å². The molecule has 1 atom stereocenters. The van der Waals surface area contributed by atoms with Crippen LogP contribution in [0.4, 0.5) is 0 Å². The first kappa shape index (κ1) is 13.9. The number of nitrogens with zero attached hydrogens (tertiary/aromatic N) is 1. The van der Waals surface area contributed by atoms with Crippen molar-refractivity contribution in [2.45, 2.75) is 44.2 Å². The summed E-state index contributed by atoms with van der Waals surface area (Å²) in [5.41, 5.74) is 7.37. The third kappa shape index (κ3) is 3.71. The number of nitrogens with two attached hydrogens (primary N) is 1. The molecule has 100 valence electrons. The molecule has 1 aromatic carbocycles. The van der Waals surface area contributed by atoms with Gasteiger partial charge in [0.1, 0.15) is 0 Å². The third-order valence-corrected chi connectivity index (χ3v) is 4.25. The maximum Gasteiger partial charge on any atom is 0.0409 e. The Morgan fingerprint density at radius 1 is 1.39 bits per heavy atom. The van der Waals surface area contributed by atoms with Crippen molar-refractivity contribution in [3.8, 4) is 0 Å². The van der Waals surface area contributed by atoms with Crippen LogP contribution in [0.1, 0.15) is 43.7 Å². The summed E-state index contributed by atoms with van der Waals surface area (Å²) in [6.07, 6.45) is 6.46. The Balaban J connectivity index is 1.82. The highest BCUT2D eigenvalue weighted by atomic mass is 35.5.